The number of nitrogens with zero attached hydrogens (tertiary/aromatic N) is 5. The van der Waals surface area contributed by atoms with Gasteiger partial charge in [-0.05, 0) is 31.5 Å². The van der Waals surface area contributed by atoms with Crippen molar-refractivity contribution < 1.29 is 13.9 Å². The van der Waals surface area contributed by atoms with Crippen molar-refractivity contribution in [2.75, 3.05) is 37.8 Å². The molecule has 3 heterocycles. The Morgan fingerprint density at radius 3 is 2.83 bits per heavy atom. The van der Waals surface area contributed by atoms with Crippen LogP contribution in [0.4, 0.5) is 10.2 Å². The minimum atomic E-state index is -0.523. The monoisotopic (exact) mass is 397 g/mol. The summed E-state index contributed by atoms with van der Waals surface area (Å²) in [6.07, 6.45) is 1.59. The lowest BCUT2D eigenvalue weighted by Crippen LogP contribution is -2.51. The van der Waals surface area contributed by atoms with Gasteiger partial charge in [-0.1, -0.05) is 6.07 Å². The Kier molecular flexibility index (Phi) is 5.42. The summed E-state index contributed by atoms with van der Waals surface area (Å²) in [7, 11) is 0. The molecule has 1 aromatic carbocycles. The first-order valence-electron chi connectivity index (χ1n) is 9.80. The third-order valence-electron chi connectivity index (χ3n) is 5.01. The first-order chi connectivity index (χ1) is 14.0. The number of benzene rings is 1. The normalized spacial score (nSPS) is 16.3. The molecule has 1 saturated heterocycles. The van der Waals surface area contributed by atoms with Gasteiger partial charge in [0, 0.05) is 31.3 Å². The van der Waals surface area contributed by atoms with Crippen LogP contribution in [0.15, 0.2) is 35.6 Å². The van der Waals surface area contributed by atoms with E-state index in [1.54, 1.807) is 4.90 Å². The average Bonchev–Trinajstić information content (AvgIpc) is 3.12. The van der Waals surface area contributed by atoms with Gasteiger partial charge in [0.15, 0.2) is 0 Å². The smallest absolute Gasteiger partial charge is 0.242 e. The molecule has 7 nitrogen and oxygen atoms in total. The van der Waals surface area contributed by atoms with Crippen LogP contribution in [0.25, 0.3) is 0 Å². The Morgan fingerprint density at radius 2 is 2.07 bits per heavy atom. The van der Waals surface area contributed by atoms with Gasteiger partial charge in [-0.3, -0.25) is 9.79 Å². The number of rotatable bonds is 6. The predicted octanol–water partition coefficient (Wildman–Crippen LogP) is 2.23. The Labute approximate surface area is 169 Å². The zero-order valence-corrected chi connectivity index (χ0v) is 16.6. The summed E-state index contributed by atoms with van der Waals surface area (Å²) in [5.74, 6) is 1.39. The number of aromatic nitrogens is 2. The number of hydrogen-bond donors (Lipinski definition) is 0. The predicted molar refractivity (Wildman–Crippen MR) is 108 cm³/mol. The number of hydrogen-bond acceptors (Lipinski definition) is 6. The van der Waals surface area contributed by atoms with E-state index >= 15 is 0 Å². The maximum absolute atomic E-state index is 12.6. The fraction of sp³-hybridized carbons (Fsp3) is 0.429. The highest BCUT2D eigenvalue weighted by Gasteiger charge is 2.26. The van der Waals surface area contributed by atoms with Gasteiger partial charge >= 0.3 is 0 Å². The van der Waals surface area contributed by atoms with E-state index in [2.05, 4.69) is 15.0 Å². The first-order valence-corrected chi connectivity index (χ1v) is 9.80. The molecular formula is C21H24FN5O2. The van der Waals surface area contributed by atoms with Gasteiger partial charge in [-0.2, -0.15) is 0 Å². The van der Waals surface area contributed by atoms with Crippen LogP contribution >= 0.6 is 0 Å². The first kappa shape index (κ1) is 19.3. The molecule has 0 unspecified atom stereocenters. The number of alkyl halides is 1. The van der Waals surface area contributed by atoms with Crippen molar-refractivity contribution in [3.63, 3.8) is 0 Å². The number of ether oxygens (including phenoxy) is 1. The van der Waals surface area contributed by atoms with Gasteiger partial charge in [0.05, 0.1) is 30.6 Å². The number of halogens is 1. The maximum atomic E-state index is 12.6. The lowest BCUT2D eigenvalue weighted by molar-refractivity contribution is -0.131. The van der Waals surface area contributed by atoms with Crippen LogP contribution in [0.2, 0.25) is 0 Å². The molecule has 152 valence electrons. The lowest BCUT2D eigenvalue weighted by Gasteiger charge is -2.34. The van der Waals surface area contributed by atoms with Crippen LogP contribution in [0.3, 0.4) is 0 Å². The number of piperazine rings is 1. The van der Waals surface area contributed by atoms with Crippen molar-refractivity contribution in [3.05, 3.63) is 47.4 Å². The van der Waals surface area contributed by atoms with Gasteiger partial charge in [-0.15, -0.1) is 0 Å². The fourth-order valence-electron chi connectivity index (χ4n) is 3.62. The molecule has 1 aromatic heterocycles. The summed E-state index contributed by atoms with van der Waals surface area (Å²) >= 11 is 0. The molecule has 0 aliphatic carbocycles. The van der Waals surface area contributed by atoms with Gasteiger partial charge in [0.25, 0.3) is 0 Å². The van der Waals surface area contributed by atoms with Gasteiger partial charge in [0.2, 0.25) is 5.91 Å². The SMILES string of the molecule is CC(C)Oc1ccc2c(c1)C(c1cc(N3CCN(CCF)C(=O)C3)ncn1)=NC2. The summed E-state index contributed by atoms with van der Waals surface area (Å²) < 4.78 is 18.4. The Hall–Kier alpha value is -3.03. The Balaban J connectivity index is 1.56. The molecule has 29 heavy (non-hydrogen) atoms. The molecule has 2 aliphatic rings. The molecule has 0 saturated carbocycles. The van der Waals surface area contributed by atoms with Crippen molar-refractivity contribution in [3.8, 4) is 5.75 Å². The highest BCUT2D eigenvalue weighted by Crippen LogP contribution is 2.28. The van der Waals surface area contributed by atoms with E-state index in [1.807, 2.05) is 43.0 Å². The van der Waals surface area contributed by atoms with Gasteiger partial charge in [-0.25, -0.2) is 14.4 Å². The Bertz CT molecular complexity index is 946. The topological polar surface area (TPSA) is 70.9 Å². The van der Waals surface area contributed by atoms with Crippen LogP contribution < -0.4 is 9.64 Å². The molecule has 0 spiro atoms. The number of fused-ring (bicyclic) bond motifs is 1. The van der Waals surface area contributed by atoms with Crippen molar-refractivity contribution in [2.45, 2.75) is 26.5 Å². The quantitative estimate of drug-likeness (QED) is 0.748. The molecule has 8 heteroatoms. The minimum absolute atomic E-state index is 0.0897. The third kappa shape index (κ3) is 4.06. The largest absolute Gasteiger partial charge is 0.491 e. The molecule has 1 fully saturated rings. The molecule has 1 amide bonds. The van der Waals surface area contributed by atoms with E-state index < -0.39 is 6.67 Å². The van der Waals surface area contributed by atoms with Crippen LogP contribution in [0.5, 0.6) is 5.75 Å². The third-order valence-corrected chi connectivity index (χ3v) is 5.01. The fourth-order valence-corrected chi connectivity index (χ4v) is 3.62. The van der Waals surface area contributed by atoms with Crippen molar-refractivity contribution in [1.82, 2.24) is 14.9 Å². The van der Waals surface area contributed by atoms with Crippen molar-refractivity contribution in [2.24, 2.45) is 4.99 Å². The molecule has 0 radical (unpaired) electrons. The van der Waals surface area contributed by atoms with Crippen LogP contribution in [-0.2, 0) is 11.3 Å². The number of anilines is 1. The summed E-state index contributed by atoms with van der Waals surface area (Å²) in [4.78, 5) is 29.1. The van der Waals surface area contributed by atoms with Crippen LogP contribution in [0, 0.1) is 0 Å². The zero-order chi connectivity index (χ0) is 20.4. The number of aliphatic imine (C=N–C) groups is 1. The summed E-state index contributed by atoms with van der Waals surface area (Å²) in [6, 6.07) is 7.86. The zero-order valence-electron chi connectivity index (χ0n) is 16.6. The van der Waals surface area contributed by atoms with E-state index in [4.69, 9.17) is 4.74 Å². The van der Waals surface area contributed by atoms with E-state index in [0.717, 1.165) is 22.6 Å². The van der Waals surface area contributed by atoms with Gasteiger partial charge < -0.3 is 14.5 Å². The minimum Gasteiger partial charge on any atom is -0.491 e. The summed E-state index contributed by atoms with van der Waals surface area (Å²) in [5, 5.41) is 0. The summed E-state index contributed by atoms with van der Waals surface area (Å²) in [5.41, 5.74) is 3.66. The highest BCUT2D eigenvalue weighted by molar-refractivity contribution is 6.14. The number of amides is 1. The molecular weight excluding hydrogens is 373 g/mol. The highest BCUT2D eigenvalue weighted by atomic mass is 19.1. The van der Waals surface area contributed by atoms with Crippen molar-refractivity contribution in [1.29, 1.82) is 0 Å². The number of carbonyl (C=O) groups is 1. The van der Waals surface area contributed by atoms with Crippen LogP contribution in [-0.4, -0.2) is 65.4 Å². The standard InChI is InChI=1S/C21H24FN5O2/c1-14(2)29-16-4-3-15-11-23-21(17(15)9-16)18-10-19(25-13-24-18)27-8-7-26(6-5-22)20(28)12-27/h3-4,9-10,13-14H,5-8,11-12H2,1-2H3. The Morgan fingerprint density at radius 1 is 1.21 bits per heavy atom. The maximum Gasteiger partial charge on any atom is 0.242 e. The van der Waals surface area contributed by atoms with Gasteiger partial charge in [0.1, 0.15) is 24.6 Å². The van der Waals surface area contributed by atoms with E-state index in [-0.39, 0.29) is 25.1 Å². The molecule has 2 aliphatic heterocycles. The molecule has 0 bridgehead atoms. The van der Waals surface area contributed by atoms with Crippen molar-refractivity contribution >= 4 is 17.4 Å². The van der Waals surface area contributed by atoms with E-state index in [9.17, 15) is 9.18 Å². The van der Waals surface area contributed by atoms with Crippen LogP contribution in [0.1, 0.15) is 30.7 Å². The number of carbonyl (C=O) groups excluding carboxylic acids is 1. The van der Waals surface area contributed by atoms with E-state index in [0.29, 0.717) is 31.1 Å². The second-order valence-electron chi connectivity index (χ2n) is 7.40. The lowest BCUT2D eigenvalue weighted by atomic mass is 10.0. The van der Waals surface area contributed by atoms with E-state index in [1.165, 1.54) is 6.33 Å². The molecule has 0 atom stereocenters. The molecule has 2 aromatic rings. The summed E-state index contributed by atoms with van der Waals surface area (Å²) in [6.45, 7) is 5.50. The second-order valence-corrected chi connectivity index (χ2v) is 7.40. The molecule has 4 rings (SSSR count). The average molecular weight is 397 g/mol. The second kappa shape index (κ2) is 8.14. The molecule has 0 N–H and O–H groups in total.